The van der Waals surface area contributed by atoms with Gasteiger partial charge in [0.1, 0.15) is 0 Å². The molecule has 0 radical (unpaired) electrons. The van der Waals surface area contributed by atoms with Crippen LogP contribution in [-0.2, 0) is 23.5 Å². The molecule has 1 unspecified atom stereocenters. The van der Waals surface area contributed by atoms with E-state index in [1.54, 1.807) is 30.1 Å². The lowest BCUT2D eigenvalue weighted by Crippen LogP contribution is -2.27. The van der Waals surface area contributed by atoms with Gasteiger partial charge in [-0.05, 0) is 42.2 Å². The molecule has 0 fully saturated rings. The van der Waals surface area contributed by atoms with E-state index in [4.69, 9.17) is 5.73 Å². The van der Waals surface area contributed by atoms with Gasteiger partial charge in [-0.25, -0.2) is 13.1 Å². The van der Waals surface area contributed by atoms with Crippen molar-refractivity contribution in [3.63, 3.8) is 0 Å². The van der Waals surface area contributed by atoms with Gasteiger partial charge in [-0.1, -0.05) is 6.07 Å². The van der Waals surface area contributed by atoms with Crippen molar-refractivity contribution in [2.45, 2.75) is 23.8 Å². The van der Waals surface area contributed by atoms with E-state index in [1.807, 2.05) is 18.2 Å². The summed E-state index contributed by atoms with van der Waals surface area (Å²) in [6, 6.07) is 7.08. The summed E-state index contributed by atoms with van der Waals surface area (Å²) in [6.45, 7) is 0. The first-order valence-corrected chi connectivity index (χ1v) is 7.96. The van der Waals surface area contributed by atoms with Gasteiger partial charge >= 0.3 is 0 Å². The predicted octanol–water partition coefficient (Wildman–Crippen LogP) is 1.57. The Labute approximate surface area is 118 Å². The summed E-state index contributed by atoms with van der Waals surface area (Å²) in [5.74, 6) is 0. The molecule has 1 aromatic heterocycles. The van der Waals surface area contributed by atoms with Crippen molar-refractivity contribution >= 4 is 15.7 Å². The number of hydrogen-bond acceptors (Lipinski definition) is 3. The smallest absolute Gasteiger partial charge is 0.242 e. The highest BCUT2D eigenvalue weighted by Gasteiger charge is 2.27. The molecule has 0 bridgehead atoms. The number of aryl methyl sites for hydroxylation is 2. The molecule has 2 aromatic rings. The highest BCUT2D eigenvalue weighted by molar-refractivity contribution is 7.89. The molecule has 3 rings (SSSR count). The van der Waals surface area contributed by atoms with Crippen molar-refractivity contribution in [1.82, 2.24) is 9.29 Å². The summed E-state index contributed by atoms with van der Waals surface area (Å²) in [5, 5.41) is 0. The van der Waals surface area contributed by atoms with Crippen LogP contribution in [-0.4, -0.2) is 13.0 Å². The molecule has 0 amide bonds. The second-order valence-electron chi connectivity index (χ2n) is 5.18. The normalized spacial score (nSPS) is 18.1. The maximum Gasteiger partial charge on any atom is 0.242 e. The summed E-state index contributed by atoms with van der Waals surface area (Å²) in [6.07, 6.45) is 4.94. The summed E-state index contributed by atoms with van der Waals surface area (Å²) >= 11 is 0. The third-order valence-corrected chi connectivity index (χ3v) is 5.11. The maximum absolute atomic E-state index is 12.3. The zero-order valence-corrected chi connectivity index (χ0v) is 12.0. The van der Waals surface area contributed by atoms with Gasteiger partial charge in [-0.3, -0.25) is 0 Å². The van der Waals surface area contributed by atoms with Crippen molar-refractivity contribution in [2.75, 3.05) is 5.73 Å². The number of nitrogens with zero attached hydrogens (tertiary/aromatic N) is 1. The van der Waals surface area contributed by atoms with E-state index in [9.17, 15) is 8.42 Å². The van der Waals surface area contributed by atoms with E-state index < -0.39 is 10.0 Å². The molecule has 0 saturated heterocycles. The van der Waals surface area contributed by atoms with Crippen molar-refractivity contribution in [3.8, 4) is 0 Å². The van der Waals surface area contributed by atoms with E-state index >= 15 is 0 Å². The first kappa shape index (κ1) is 13.2. The van der Waals surface area contributed by atoms with Crippen LogP contribution in [0.3, 0.4) is 0 Å². The van der Waals surface area contributed by atoms with Gasteiger partial charge in [0.05, 0.1) is 4.90 Å². The SMILES string of the molecule is Cn1ccc(S(=O)(=O)NC2CCc3cc(N)ccc32)c1. The number of hydrogen-bond donors (Lipinski definition) is 2. The third kappa shape index (κ3) is 2.32. The Morgan fingerprint density at radius 1 is 1.35 bits per heavy atom. The Balaban J connectivity index is 1.87. The van der Waals surface area contributed by atoms with Crippen LogP contribution < -0.4 is 10.5 Å². The number of nitrogen functional groups attached to an aromatic ring is 1. The van der Waals surface area contributed by atoms with E-state index in [0.717, 1.165) is 29.7 Å². The van der Waals surface area contributed by atoms with Crippen molar-refractivity contribution in [1.29, 1.82) is 0 Å². The number of nitrogens with two attached hydrogens (primary N) is 1. The minimum Gasteiger partial charge on any atom is -0.399 e. The van der Waals surface area contributed by atoms with Gasteiger partial charge in [-0.15, -0.1) is 0 Å². The van der Waals surface area contributed by atoms with Gasteiger partial charge in [-0.2, -0.15) is 0 Å². The highest BCUT2D eigenvalue weighted by Crippen LogP contribution is 2.33. The third-order valence-electron chi connectivity index (χ3n) is 3.66. The first-order chi connectivity index (χ1) is 9.45. The van der Waals surface area contributed by atoms with Crippen LogP contribution >= 0.6 is 0 Å². The van der Waals surface area contributed by atoms with E-state index in [1.165, 1.54) is 0 Å². The number of rotatable bonds is 3. The summed E-state index contributed by atoms with van der Waals surface area (Å²) in [7, 11) is -1.68. The number of fused-ring (bicyclic) bond motifs is 1. The highest BCUT2D eigenvalue weighted by atomic mass is 32.2. The maximum atomic E-state index is 12.3. The molecule has 106 valence electrons. The Hall–Kier alpha value is -1.79. The first-order valence-electron chi connectivity index (χ1n) is 6.48. The molecule has 1 atom stereocenters. The molecule has 1 aliphatic carbocycles. The summed E-state index contributed by atoms with van der Waals surface area (Å²) < 4.78 is 29.2. The fourth-order valence-electron chi connectivity index (χ4n) is 2.65. The predicted molar refractivity (Wildman–Crippen MR) is 77.7 cm³/mol. The minimum absolute atomic E-state index is 0.171. The molecule has 0 aliphatic heterocycles. The Bertz CT molecular complexity index is 750. The average molecular weight is 291 g/mol. The molecule has 0 saturated carbocycles. The largest absolute Gasteiger partial charge is 0.399 e. The number of anilines is 1. The number of benzene rings is 1. The van der Waals surface area contributed by atoms with Crippen LogP contribution in [0.15, 0.2) is 41.6 Å². The lowest BCUT2D eigenvalue weighted by Gasteiger charge is -2.14. The minimum atomic E-state index is -3.48. The number of aromatic nitrogens is 1. The Morgan fingerprint density at radius 2 is 2.15 bits per heavy atom. The van der Waals surface area contributed by atoms with Gasteiger partial charge in [0.15, 0.2) is 0 Å². The van der Waals surface area contributed by atoms with Gasteiger partial charge in [0.25, 0.3) is 0 Å². The quantitative estimate of drug-likeness (QED) is 0.843. The second-order valence-corrected chi connectivity index (χ2v) is 6.90. The van der Waals surface area contributed by atoms with Crippen LogP contribution in [0.1, 0.15) is 23.6 Å². The molecular weight excluding hydrogens is 274 g/mol. The fraction of sp³-hybridized carbons (Fsp3) is 0.286. The van der Waals surface area contributed by atoms with Crippen LogP contribution in [0.5, 0.6) is 0 Å². The average Bonchev–Trinajstić information content (AvgIpc) is 2.96. The standard InChI is InChI=1S/C14H17N3O2S/c1-17-7-6-12(9-17)20(18,19)16-14-5-2-10-8-11(15)3-4-13(10)14/h3-4,6-9,14,16H,2,5,15H2,1H3. The van der Waals surface area contributed by atoms with Crippen LogP contribution in [0.4, 0.5) is 5.69 Å². The molecular formula is C14H17N3O2S. The number of sulfonamides is 1. The van der Waals surface area contributed by atoms with Crippen LogP contribution in [0, 0.1) is 0 Å². The van der Waals surface area contributed by atoms with Crippen molar-refractivity contribution in [3.05, 3.63) is 47.8 Å². The van der Waals surface area contributed by atoms with Crippen LogP contribution in [0.25, 0.3) is 0 Å². The van der Waals surface area contributed by atoms with Gasteiger partial charge < -0.3 is 10.3 Å². The molecule has 1 aliphatic rings. The molecule has 3 N–H and O–H groups in total. The molecule has 0 spiro atoms. The van der Waals surface area contributed by atoms with E-state index in [0.29, 0.717) is 4.90 Å². The van der Waals surface area contributed by atoms with Crippen molar-refractivity contribution in [2.24, 2.45) is 7.05 Å². The Morgan fingerprint density at radius 3 is 2.85 bits per heavy atom. The van der Waals surface area contributed by atoms with E-state index in [-0.39, 0.29) is 6.04 Å². The topological polar surface area (TPSA) is 77.1 Å². The zero-order valence-electron chi connectivity index (χ0n) is 11.2. The van der Waals surface area contributed by atoms with Gasteiger partial charge in [0.2, 0.25) is 10.0 Å². The molecule has 6 heteroatoms. The lowest BCUT2D eigenvalue weighted by atomic mass is 10.1. The molecule has 1 heterocycles. The summed E-state index contributed by atoms with van der Waals surface area (Å²) in [5.41, 5.74) is 8.63. The van der Waals surface area contributed by atoms with Crippen LogP contribution in [0.2, 0.25) is 0 Å². The fourth-order valence-corrected chi connectivity index (χ4v) is 3.95. The zero-order chi connectivity index (χ0) is 14.3. The monoisotopic (exact) mass is 291 g/mol. The second kappa shape index (κ2) is 4.64. The van der Waals surface area contributed by atoms with E-state index in [2.05, 4.69) is 4.72 Å². The lowest BCUT2D eigenvalue weighted by molar-refractivity contribution is 0.554. The molecule has 1 aromatic carbocycles. The Kier molecular flexibility index (Phi) is 3.07. The molecule has 5 nitrogen and oxygen atoms in total. The van der Waals surface area contributed by atoms with Gasteiger partial charge in [0, 0.05) is 31.2 Å². The molecule has 20 heavy (non-hydrogen) atoms. The van der Waals surface area contributed by atoms with Crippen molar-refractivity contribution < 1.29 is 8.42 Å². The summed E-state index contributed by atoms with van der Waals surface area (Å²) in [4.78, 5) is 0.295. The number of nitrogens with one attached hydrogen (secondary N) is 1.